The second kappa shape index (κ2) is 8.62. The highest BCUT2D eigenvalue weighted by molar-refractivity contribution is 5.88. The van der Waals surface area contributed by atoms with Gasteiger partial charge in [0, 0.05) is 29.0 Å². The zero-order valence-corrected chi connectivity index (χ0v) is 18.9. The molecule has 0 aliphatic rings. The van der Waals surface area contributed by atoms with Crippen molar-refractivity contribution in [2.45, 2.75) is 45.1 Å². The van der Waals surface area contributed by atoms with Gasteiger partial charge in [-0.05, 0) is 35.9 Å². The first kappa shape index (κ1) is 26.1. The molecular formula is C24H22F6N2O3. The maximum atomic E-state index is 13.5. The van der Waals surface area contributed by atoms with Gasteiger partial charge in [-0.15, -0.1) is 0 Å². The van der Waals surface area contributed by atoms with Gasteiger partial charge >= 0.3 is 18.4 Å². The number of phenolic OH excluding ortho intramolecular Hbond substituents is 1. The van der Waals surface area contributed by atoms with Crippen LogP contribution in [0.15, 0.2) is 48.7 Å². The summed E-state index contributed by atoms with van der Waals surface area (Å²) >= 11 is 0. The molecule has 0 saturated carbocycles. The van der Waals surface area contributed by atoms with Crippen LogP contribution in [0.4, 0.5) is 31.1 Å². The van der Waals surface area contributed by atoms with Crippen LogP contribution in [0.5, 0.6) is 5.75 Å². The molecule has 2 aromatic carbocycles. The molecule has 1 heterocycles. The van der Waals surface area contributed by atoms with Crippen LogP contribution in [0.25, 0.3) is 10.9 Å². The van der Waals surface area contributed by atoms with Crippen LogP contribution in [0.3, 0.4) is 0 Å². The lowest BCUT2D eigenvalue weighted by Gasteiger charge is -2.44. The number of alkyl halides is 6. The minimum Gasteiger partial charge on any atom is -0.506 e. The van der Waals surface area contributed by atoms with E-state index in [0.29, 0.717) is 12.1 Å². The second-order valence-corrected chi connectivity index (χ2v) is 9.12. The van der Waals surface area contributed by atoms with Gasteiger partial charge in [-0.2, -0.15) is 26.3 Å². The summed E-state index contributed by atoms with van der Waals surface area (Å²) in [6.07, 6.45) is -10.6. The summed E-state index contributed by atoms with van der Waals surface area (Å²) < 4.78 is 86.4. The van der Waals surface area contributed by atoms with Crippen molar-refractivity contribution in [3.63, 3.8) is 0 Å². The smallest absolute Gasteiger partial charge is 0.416 e. The first-order valence-corrected chi connectivity index (χ1v) is 10.3. The normalized spacial score (nSPS) is 14.5. The minimum absolute atomic E-state index is 0.0249. The molecule has 11 heteroatoms. The molecule has 3 N–H and O–H groups in total. The number of carbonyl (C=O) groups is 1. The Kier molecular flexibility index (Phi) is 6.43. The predicted molar refractivity (Wildman–Crippen MR) is 115 cm³/mol. The monoisotopic (exact) mass is 500 g/mol. The molecule has 35 heavy (non-hydrogen) atoms. The third kappa shape index (κ3) is 5.13. The van der Waals surface area contributed by atoms with Crippen molar-refractivity contribution in [1.29, 1.82) is 0 Å². The van der Waals surface area contributed by atoms with Crippen molar-refractivity contribution < 1.29 is 41.0 Å². The Morgan fingerprint density at radius 1 is 0.971 bits per heavy atom. The van der Waals surface area contributed by atoms with Crippen molar-refractivity contribution in [2.75, 3.05) is 0 Å². The SMILES string of the molecule is CC(C)(C)C(Cc1cc(C(F)(F)F)cc(C(F)(F)F)c1)(OC(N)=O)c1ccc(O)c2ncccc12. The summed E-state index contributed by atoms with van der Waals surface area (Å²) in [5.41, 5.74) is -0.667. The number of aromatic nitrogens is 1. The van der Waals surface area contributed by atoms with Crippen LogP contribution in [0.2, 0.25) is 0 Å². The first-order chi connectivity index (χ1) is 16.0. The highest BCUT2D eigenvalue weighted by Gasteiger charge is 2.49. The molecule has 188 valence electrons. The van der Waals surface area contributed by atoms with Gasteiger partial charge in [0.1, 0.15) is 16.9 Å². The number of pyridine rings is 1. The number of benzene rings is 2. The Morgan fingerprint density at radius 2 is 1.54 bits per heavy atom. The summed E-state index contributed by atoms with van der Waals surface area (Å²) in [4.78, 5) is 16.2. The minimum atomic E-state index is -5.06. The van der Waals surface area contributed by atoms with Crippen LogP contribution in [0.1, 0.15) is 43.0 Å². The molecule has 1 unspecified atom stereocenters. The van der Waals surface area contributed by atoms with E-state index in [1.807, 2.05) is 0 Å². The second-order valence-electron chi connectivity index (χ2n) is 9.12. The van der Waals surface area contributed by atoms with E-state index in [1.54, 1.807) is 20.8 Å². The van der Waals surface area contributed by atoms with Crippen LogP contribution < -0.4 is 5.73 Å². The number of amides is 1. The van der Waals surface area contributed by atoms with E-state index in [-0.39, 0.29) is 33.8 Å². The van der Waals surface area contributed by atoms with Crippen molar-refractivity contribution in [1.82, 2.24) is 4.98 Å². The van der Waals surface area contributed by atoms with E-state index < -0.39 is 47.0 Å². The van der Waals surface area contributed by atoms with E-state index in [2.05, 4.69) is 4.98 Å². The van der Waals surface area contributed by atoms with Gasteiger partial charge in [-0.25, -0.2) is 4.79 Å². The molecule has 0 spiro atoms. The van der Waals surface area contributed by atoms with Crippen LogP contribution >= 0.6 is 0 Å². The number of ether oxygens (including phenoxy) is 1. The molecule has 0 saturated heterocycles. The lowest BCUT2D eigenvalue weighted by molar-refractivity contribution is -0.143. The standard InChI is InChI=1S/C24H22F6N2O3/c1-21(2,3)22(35-20(31)34,17-6-7-18(33)19-16(17)5-4-8-32-19)12-13-9-14(23(25,26)27)11-15(10-13)24(28,29)30/h4-11,33H,12H2,1-3H3,(H2,31,34). The number of fused-ring (bicyclic) bond motifs is 1. The van der Waals surface area contributed by atoms with E-state index in [4.69, 9.17) is 10.5 Å². The molecule has 5 nitrogen and oxygen atoms in total. The molecule has 0 radical (unpaired) electrons. The summed E-state index contributed by atoms with van der Waals surface area (Å²) in [7, 11) is 0. The highest BCUT2D eigenvalue weighted by atomic mass is 19.4. The summed E-state index contributed by atoms with van der Waals surface area (Å²) in [5, 5.41) is 10.5. The average Bonchev–Trinajstić information content (AvgIpc) is 2.71. The third-order valence-corrected chi connectivity index (χ3v) is 5.77. The van der Waals surface area contributed by atoms with Gasteiger partial charge in [0.05, 0.1) is 11.1 Å². The first-order valence-electron chi connectivity index (χ1n) is 10.3. The lowest BCUT2D eigenvalue weighted by atomic mass is 9.67. The number of nitrogens with zero attached hydrogens (tertiary/aromatic N) is 1. The molecule has 1 atom stereocenters. The Labute approximate surface area is 196 Å². The van der Waals surface area contributed by atoms with Gasteiger partial charge in [0.2, 0.25) is 0 Å². The number of carbonyl (C=O) groups excluding carboxylic acids is 1. The fourth-order valence-corrected chi connectivity index (χ4v) is 4.10. The molecule has 3 aromatic rings. The Bertz CT molecular complexity index is 1230. The summed E-state index contributed by atoms with van der Waals surface area (Å²) in [5.74, 6) is -0.218. The van der Waals surface area contributed by atoms with Gasteiger partial charge < -0.3 is 15.6 Å². The maximum Gasteiger partial charge on any atom is 0.416 e. The van der Waals surface area contributed by atoms with Crippen LogP contribution in [0, 0.1) is 5.41 Å². The number of hydrogen-bond acceptors (Lipinski definition) is 4. The third-order valence-electron chi connectivity index (χ3n) is 5.77. The Morgan fingerprint density at radius 3 is 2.03 bits per heavy atom. The van der Waals surface area contributed by atoms with Crippen molar-refractivity contribution in [3.05, 3.63) is 70.9 Å². The molecule has 0 aliphatic heterocycles. The highest BCUT2D eigenvalue weighted by Crippen LogP contribution is 2.49. The van der Waals surface area contributed by atoms with Crippen LogP contribution in [-0.4, -0.2) is 16.2 Å². The number of rotatable bonds is 4. The summed E-state index contributed by atoms with van der Waals surface area (Å²) in [6.45, 7) is 4.80. The summed E-state index contributed by atoms with van der Waals surface area (Å²) in [6, 6.07) is 6.89. The van der Waals surface area contributed by atoms with Crippen molar-refractivity contribution in [2.24, 2.45) is 11.1 Å². The van der Waals surface area contributed by atoms with Gasteiger partial charge in [-0.3, -0.25) is 4.98 Å². The number of halogens is 6. The molecule has 1 aromatic heterocycles. The van der Waals surface area contributed by atoms with Gasteiger partial charge in [0.15, 0.2) is 0 Å². The molecule has 0 fully saturated rings. The Hall–Kier alpha value is -3.50. The molecule has 3 rings (SSSR count). The van der Waals surface area contributed by atoms with Gasteiger partial charge in [-0.1, -0.05) is 32.9 Å². The van der Waals surface area contributed by atoms with E-state index in [1.165, 1.54) is 30.5 Å². The lowest BCUT2D eigenvalue weighted by Crippen LogP contribution is -2.47. The number of phenols is 1. The Balaban J connectivity index is 2.37. The molecule has 0 aliphatic carbocycles. The number of nitrogens with two attached hydrogens (primary N) is 1. The molecule has 1 amide bonds. The topological polar surface area (TPSA) is 85.4 Å². The fourth-order valence-electron chi connectivity index (χ4n) is 4.10. The van der Waals surface area contributed by atoms with E-state index in [0.717, 1.165) is 0 Å². The largest absolute Gasteiger partial charge is 0.506 e. The van der Waals surface area contributed by atoms with Gasteiger partial charge in [0.25, 0.3) is 0 Å². The number of hydrogen-bond donors (Lipinski definition) is 2. The van der Waals surface area contributed by atoms with Crippen molar-refractivity contribution >= 4 is 17.0 Å². The van der Waals surface area contributed by atoms with E-state index >= 15 is 0 Å². The number of aromatic hydroxyl groups is 1. The zero-order chi connectivity index (χ0) is 26.4. The zero-order valence-electron chi connectivity index (χ0n) is 18.9. The van der Waals surface area contributed by atoms with Crippen molar-refractivity contribution in [3.8, 4) is 5.75 Å². The molecular weight excluding hydrogens is 478 g/mol. The average molecular weight is 500 g/mol. The van der Waals surface area contributed by atoms with E-state index in [9.17, 15) is 36.2 Å². The predicted octanol–water partition coefficient (Wildman–Crippen LogP) is 6.56. The quantitative estimate of drug-likeness (QED) is 0.398. The molecule has 0 bridgehead atoms. The fraction of sp³-hybridized carbons (Fsp3) is 0.333. The van der Waals surface area contributed by atoms with Crippen LogP contribution in [-0.2, 0) is 29.1 Å². The maximum absolute atomic E-state index is 13.5. The number of primary amides is 1.